The van der Waals surface area contributed by atoms with Crippen LogP contribution < -0.4 is 0 Å². The Morgan fingerprint density at radius 2 is 1.80 bits per heavy atom. The van der Waals surface area contributed by atoms with E-state index in [0.29, 0.717) is 0 Å². The first-order valence-corrected chi connectivity index (χ1v) is 7.34. The summed E-state index contributed by atoms with van der Waals surface area (Å²) in [6, 6.07) is 17.5. The molecule has 1 N–H and O–H groups in total. The van der Waals surface area contributed by atoms with Gasteiger partial charge in [0.05, 0.1) is 5.92 Å². The van der Waals surface area contributed by atoms with E-state index in [2.05, 4.69) is 27.8 Å². The maximum atomic E-state index is 10.7. The molecule has 0 aromatic heterocycles. The van der Waals surface area contributed by atoms with E-state index in [1.54, 1.807) is 6.92 Å². The molecule has 2 atom stereocenters. The maximum Gasteiger partial charge on any atom is 0.100 e. The van der Waals surface area contributed by atoms with E-state index >= 15 is 0 Å². The summed E-state index contributed by atoms with van der Waals surface area (Å²) in [6.07, 6.45) is 0. The van der Waals surface area contributed by atoms with E-state index in [0.717, 1.165) is 15.6 Å². The summed E-state index contributed by atoms with van der Waals surface area (Å²) < 4.78 is 0.957. The molecule has 2 aromatic carbocycles. The normalized spacial score (nSPS) is 14.8. The highest BCUT2D eigenvalue weighted by molar-refractivity contribution is 9.10. The van der Waals surface area contributed by atoms with Gasteiger partial charge in [-0.3, -0.25) is 0 Å². The molecule has 1 nitrogen and oxygen atoms in total. The summed E-state index contributed by atoms with van der Waals surface area (Å²) in [6.45, 7) is 3.75. The van der Waals surface area contributed by atoms with Crippen LogP contribution in [0.4, 0.5) is 0 Å². The molecule has 0 bridgehead atoms. The third kappa shape index (κ3) is 3.50. The molecule has 0 amide bonds. The average molecular weight is 329 g/mol. The van der Waals surface area contributed by atoms with Crippen molar-refractivity contribution in [1.29, 1.82) is 0 Å². The van der Waals surface area contributed by atoms with E-state index in [4.69, 9.17) is 0 Å². The lowest BCUT2D eigenvalue weighted by molar-refractivity contribution is 0.0239. The molecule has 0 aliphatic rings. The van der Waals surface area contributed by atoms with Gasteiger partial charge in [-0.15, -0.1) is 0 Å². The van der Waals surface area contributed by atoms with Gasteiger partial charge in [-0.25, -0.2) is 0 Å². The summed E-state index contributed by atoms with van der Waals surface area (Å²) >= 11 is 3.43. The third-order valence-electron chi connectivity index (χ3n) is 3.46. The van der Waals surface area contributed by atoms with Gasteiger partial charge in [0.2, 0.25) is 0 Å². The van der Waals surface area contributed by atoms with Crippen molar-refractivity contribution in [2.75, 3.05) is 0 Å². The first kappa shape index (κ1) is 14.8. The second-order valence-corrected chi connectivity index (χ2v) is 5.93. The van der Waals surface area contributed by atoms with Gasteiger partial charge >= 0.3 is 0 Å². The molecule has 0 unspecified atom stereocenters. The van der Waals surface area contributed by atoms with Gasteiger partial charge in [0.25, 0.3) is 0 Å². The first-order chi connectivity index (χ1) is 9.50. The van der Waals surface area contributed by atoms with Crippen molar-refractivity contribution in [3.8, 4) is 11.8 Å². The molecular formula is C18H17BrO. The molecule has 0 aliphatic heterocycles. The van der Waals surface area contributed by atoms with Crippen LogP contribution in [0.15, 0.2) is 59.1 Å². The zero-order chi connectivity index (χ0) is 14.6. The minimum atomic E-state index is -0.981. The van der Waals surface area contributed by atoms with Crippen molar-refractivity contribution in [3.05, 3.63) is 70.2 Å². The summed E-state index contributed by atoms with van der Waals surface area (Å²) in [5.74, 6) is 6.09. The summed E-state index contributed by atoms with van der Waals surface area (Å²) in [4.78, 5) is 0. The van der Waals surface area contributed by atoms with Gasteiger partial charge in [0.15, 0.2) is 0 Å². The molecule has 0 radical (unpaired) electrons. The van der Waals surface area contributed by atoms with Crippen molar-refractivity contribution in [3.63, 3.8) is 0 Å². The Balaban J connectivity index is 2.24. The van der Waals surface area contributed by atoms with E-state index < -0.39 is 5.60 Å². The highest BCUT2D eigenvalue weighted by atomic mass is 79.9. The van der Waals surface area contributed by atoms with Crippen LogP contribution in [-0.4, -0.2) is 5.11 Å². The van der Waals surface area contributed by atoms with E-state index in [9.17, 15) is 5.11 Å². The third-order valence-corrected chi connectivity index (χ3v) is 3.95. The number of hydrogen-bond acceptors (Lipinski definition) is 1. The fourth-order valence-electron chi connectivity index (χ4n) is 1.91. The smallest absolute Gasteiger partial charge is 0.100 e. The fourth-order valence-corrected chi connectivity index (χ4v) is 2.31. The molecule has 2 rings (SSSR count). The fraction of sp³-hybridized carbons (Fsp3) is 0.222. The summed E-state index contributed by atoms with van der Waals surface area (Å²) in [5.41, 5.74) is 0.845. The zero-order valence-electron chi connectivity index (χ0n) is 11.6. The van der Waals surface area contributed by atoms with Crippen LogP contribution in [0.3, 0.4) is 0 Å². The van der Waals surface area contributed by atoms with Gasteiger partial charge in [-0.05, 0) is 43.7 Å². The first-order valence-electron chi connectivity index (χ1n) is 6.55. The molecule has 2 heteroatoms. The van der Waals surface area contributed by atoms with Crippen LogP contribution in [0.2, 0.25) is 0 Å². The molecule has 0 saturated heterocycles. The Hall–Kier alpha value is -1.56. The van der Waals surface area contributed by atoms with Crippen LogP contribution in [0.5, 0.6) is 0 Å². The second-order valence-electron chi connectivity index (χ2n) is 5.01. The molecule has 102 valence electrons. The molecular weight excluding hydrogens is 312 g/mol. The number of halogens is 1. The van der Waals surface area contributed by atoms with Gasteiger partial charge in [-0.2, -0.15) is 0 Å². The quantitative estimate of drug-likeness (QED) is 0.813. The molecule has 0 aliphatic carbocycles. The highest BCUT2D eigenvalue weighted by Gasteiger charge is 2.29. The Morgan fingerprint density at radius 1 is 1.10 bits per heavy atom. The van der Waals surface area contributed by atoms with Gasteiger partial charge in [0.1, 0.15) is 5.60 Å². The zero-order valence-corrected chi connectivity index (χ0v) is 13.2. The van der Waals surface area contributed by atoms with Crippen molar-refractivity contribution in [1.82, 2.24) is 0 Å². The van der Waals surface area contributed by atoms with Gasteiger partial charge < -0.3 is 5.11 Å². The van der Waals surface area contributed by atoms with Crippen molar-refractivity contribution in [2.45, 2.75) is 19.4 Å². The standard InChI is InChI=1S/C18H17BrO/c1-14(11-12-15-7-4-3-5-8-15)18(2,20)16-9-6-10-17(19)13-16/h3-10,13-14,20H,1-2H3/t14-,18+/m0/s1. The minimum absolute atomic E-state index is 0.169. The lowest BCUT2D eigenvalue weighted by Gasteiger charge is -2.27. The van der Waals surface area contributed by atoms with Gasteiger partial charge in [0, 0.05) is 10.0 Å². The monoisotopic (exact) mass is 328 g/mol. The Morgan fingerprint density at radius 3 is 2.45 bits per heavy atom. The molecule has 0 spiro atoms. The van der Waals surface area contributed by atoms with E-state index in [-0.39, 0.29) is 5.92 Å². The molecule has 2 aromatic rings. The Bertz CT molecular complexity index is 635. The van der Waals surface area contributed by atoms with Crippen molar-refractivity contribution in [2.24, 2.45) is 5.92 Å². The lowest BCUT2D eigenvalue weighted by atomic mass is 9.84. The topological polar surface area (TPSA) is 20.2 Å². The van der Waals surface area contributed by atoms with Crippen molar-refractivity contribution >= 4 is 15.9 Å². The Labute approximate surface area is 128 Å². The van der Waals surface area contributed by atoms with Crippen LogP contribution in [0, 0.1) is 17.8 Å². The lowest BCUT2D eigenvalue weighted by Crippen LogP contribution is -2.29. The minimum Gasteiger partial charge on any atom is -0.384 e. The van der Waals surface area contributed by atoms with E-state index in [1.165, 1.54) is 0 Å². The molecule has 0 saturated carbocycles. The maximum absolute atomic E-state index is 10.7. The molecule has 0 fully saturated rings. The van der Waals surface area contributed by atoms with Crippen LogP contribution >= 0.6 is 15.9 Å². The van der Waals surface area contributed by atoms with Gasteiger partial charge in [-0.1, -0.05) is 58.1 Å². The van der Waals surface area contributed by atoms with Crippen LogP contribution in [0.25, 0.3) is 0 Å². The average Bonchev–Trinajstić information content (AvgIpc) is 2.45. The highest BCUT2D eigenvalue weighted by Crippen LogP contribution is 2.30. The largest absolute Gasteiger partial charge is 0.384 e. The van der Waals surface area contributed by atoms with Crippen molar-refractivity contribution < 1.29 is 5.11 Å². The number of hydrogen-bond donors (Lipinski definition) is 1. The molecule has 0 heterocycles. The predicted octanol–water partition coefficient (Wildman–Crippen LogP) is 4.34. The number of rotatable bonds is 2. The Kier molecular flexibility index (Phi) is 4.65. The van der Waals surface area contributed by atoms with Crippen LogP contribution in [-0.2, 0) is 5.60 Å². The summed E-state index contributed by atoms with van der Waals surface area (Å²) in [7, 11) is 0. The molecule has 20 heavy (non-hydrogen) atoms. The summed E-state index contributed by atoms with van der Waals surface area (Å²) in [5, 5.41) is 10.7. The predicted molar refractivity (Wildman–Crippen MR) is 86.2 cm³/mol. The van der Waals surface area contributed by atoms with Crippen LogP contribution in [0.1, 0.15) is 25.0 Å². The SMILES string of the molecule is C[C@@H](C#Cc1ccccc1)[C@@](C)(O)c1cccc(Br)c1. The number of benzene rings is 2. The van der Waals surface area contributed by atoms with E-state index in [1.807, 2.05) is 61.5 Å². The number of aliphatic hydroxyl groups is 1. The second kappa shape index (κ2) is 6.26.